The average molecular weight is 335 g/mol. The van der Waals surface area contributed by atoms with E-state index in [-0.39, 0.29) is 5.41 Å². The normalized spacial score (nSPS) is 29.5. The summed E-state index contributed by atoms with van der Waals surface area (Å²) in [6.45, 7) is 4.79. The van der Waals surface area contributed by atoms with E-state index in [1.54, 1.807) is 6.07 Å². The van der Waals surface area contributed by atoms with Crippen LogP contribution in [-0.2, 0) is 11.8 Å². The highest BCUT2D eigenvalue weighted by Crippen LogP contribution is 2.51. The minimum Gasteiger partial charge on any atom is -0.508 e. The number of piperidine rings is 1. The van der Waals surface area contributed by atoms with E-state index >= 15 is 0 Å². The van der Waals surface area contributed by atoms with E-state index in [9.17, 15) is 5.11 Å². The summed E-state index contributed by atoms with van der Waals surface area (Å²) >= 11 is 0. The van der Waals surface area contributed by atoms with Gasteiger partial charge in [0.15, 0.2) is 0 Å². The molecule has 2 bridgehead atoms. The number of phenolic OH excluding ortho intramolecular Hbond substituents is 1. The van der Waals surface area contributed by atoms with Crippen molar-refractivity contribution in [3.05, 3.63) is 65.7 Å². The van der Waals surface area contributed by atoms with E-state index in [1.807, 2.05) is 12.1 Å². The molecule has 0 spiro atoms. The summed E-state index contributed by atoms with van der Waals surface area (Å²) in [5.41, 5.74) is 3.05. The number of nitrogens with zero attached hydrogens (tertiary/aromatic N) is 1. The number of fused-ring (bicyclic) bond motifs is 2. The van der Waals surface area contributed by atoms with Gasteiger partial charge in [-0.1, -0.05) is 55.8 Å². The number of rotatable bonds is 4. The molecule has 4 rings (SSSR count). The molecular weight excluding hydrogens is 306 g/mol. The molecule has 1 saturated heterocycles. The molecule has 132 valence electrons. The van der Waals surface area contributed by atoms with Crippen LogP contribution in [0.1, 0.15) is 43.7 Å². The summed E-state index contributed by atoms with van der Waals surface area (Å²) in [4.78, 5) is 2.73. The van der Waals surface area contributed by atoms with Gasteiger partial charge in [-0.25, -0.2) is 0 Å². The quantitative estimate of drug-likeness (QED) is 0.870. The number of hydrogen-bond acceptors (Lipinski definition) is 2. The van der Waals surface area contributed by atoms with Crippen molar-refractivity contribution < 1.29 is 5.11 Å². The number of hydrogen-bond donors (Lipinski definition) is 1. The fraction of sp³-hybridized carbons (Fsp3) is 0.478. The summed E-state index contributed by atoms with van der Waals surface area (Å²) in [6.07, 6.45) is 6.23. The minimum absolute atomic E-state index is 0.255. The van der Waals surface area contributed by atoms with Gasteiger partial charge < -0.3 is 5.11 Å². The first kappa shape index (κ1) is 16.7. The maximum atomic E-state index is 9.98. The molecule has 2 fully saturated rings. The molecule has 0 radical (unpaired) electrons. The van der Waals surface area contributed by atoms with Gasteiger partial charge >= 0.3 is 0 Å². The largest absolute Gasteiger partial charge is 0.508 e. The van der Waals surface area contributed by atoms with Crippen molar-refractivity contribution in [1.29, 1.82) is 0 Å². The van der Waals surface area contributed by atoms with Gasteiger partial charge in [-0.05, 0) is 61.4 Å². The molecule has 0 aromatic heterocycles. The third-order valence-electron chi connectivity index (χ3n) is 6.84. The van der Waals surface area contributed by atoms with E-state index in [0.717, 1.165) is 13.0 Å². The van der Waals surface area contributed by atoms with Gasteiger partial charge in [0, 0.05) is 18.0 Å². The Balaban J connectivity index is 1.52. The van der Waals surface area contributed by atoms with E-state index in [1.165, 1.54) is 43.4 Å². The molecule has 0 amide bonds. The van der Waals surface area contributed by atoms with Crippen molar-refractivity contribution in [2.24, 2.45) is 5.92 Å². The first-order valence-electron chi connectivity index (χ1n) is 9.76. The second-order valence-electron chi connectivity index (χ2n) is 7.98. The summed E-state index contributed by atoms with van der Waals surface area (Å²) in [7, 11) is 0. The predicted octanol–water partition coefficient (Wildman–Crippen LogP) is 4.77. The topological polar surface area (TPSA) is 23.5 Å². The van der Waals surface area contributed by atoms with Crippen LogP contribution in [0.3, 0.4) is 0 Å². The highest BCUT2D eigenvalue weighted by Gasteiger charge is 2.49. The second-order valence-corrected chi connectivity index (χ2v) is 7.98. The third kappa shape index (κ3) is 3.08. The summed E-state index contributed by atoms with van der Waals surface area (Å²) in [5, 5.41) is 9.98. The number of likely N-dealkylation sites (tertiary alicyclic amines) is 1. The van der Waals surface area contributed by atoms with Crippen molar-refractivity contribution in [3.63, 3.8) is 0 Å². The molecule has 2 aromatic rings. The van der Waals surface area contributed by atoms with Crippen LogP contribution in [-0.4, -0.2) is 29.1 Å². The number of phenols is 1. The number of aromatic hydroxyl groups is 1. The smallest absolute Gasteiger partial charge is 0.115 e. The molecule has 1 saturated carbocycles. The van der Waals surface area contributed by atoms with Crippen LogP contribution in [0.5, 0.6) is 5.75 Å². The highest BCUT2D eigenvalue weighted by molar-refractivity contribution is 5.35. The SMILES string of the molecule is C[C@@H]1C2CCC[C@@]1(c1cccc(O)c1)CCN2CCc1ccccc1. The first-order valence-corrected chi connectivity index (χ1v) is 9.76. The van der Waals surface area contributed by atoms with Crippen LogP contribution in [0, 0.1) is 5.92 Å². The number of benzene rings is 2. The molecule has 2 nitrogen and oxygen atoms in total. The van der Waals surface area contributed by atoms with Crippen LogP contribution in [0.25, 0.3) is 0 Å². The molecule has 1 unspecified atom stereocenters. The Labute approximate surface area is 151 Å². The predicted molar refractivity (Wildman–Crippen MR) is 103 cm³/mol. The Morgan fingerprint density at radius 1 is 1.08 bits per heavy atom. The fourth-order valence-electron chi connectivity index (χ4n) is 5.40. The van der Waals surface area contributed by atoms with Crippen molar-refractivity contribution in [1.82, 2.24) is 4.90 Å². The van der Waals surface area contributed by atoms with Gasteiger partial charge in [-0.2, -0.15) is 0 Å². The first-order chi connectivity index (χ1) is 12.2. The third-order valence-corrected chi connectivity index (χ3v) is 6.84. The maximum absolute atomic E-state index is 9.98. The average Bonchev–Trinajstić information content (AvgIpc) is 2.62. The maximum Gasteiger partial charge on any atom is 0.115 e. The minimum atomic E-state index is 0.255. The van der Waals surface area contributed by atoms with Crippen LogP contribution in [0.2, 0.25) is 0 Å². The lowest BCUT2D eigenvalue weighted by Crippen LogP contribution is -2.58. The molecule has 25 heavy (non-hydrogen) atoms. The Morgan fingerprint density at radius 2 is 1.92 bits per heavy atom. The lowest BCUT2D eigenvalue weighted by molar-refractivity contribution is -0.00242. The Kier molecular flexibility index (Phi) is 4.56. The van der Waals surface area contributed by atoms with Crippen LogP contribution in [0.15, 0.2) is 54.6 Å². The molecule has 1 aliphatic carbocycles. The molecule has 1 N–H and O–H groups in total. The van der Waals surface area contributed by atoms with Crippen LogP contribution >= 0.6 is 0 Å². The second kappa shape index (κ2) is 6.84. The summed E-state index contributed by atoms with van der Waals surface area (Å²) < 4.78 is 0. The Bertz CT molecular complexity index is 713. The zero-order valence-electron chi connectivity index (χ0n) is 15.2. The monoisotopic (exact) mass is 335 g/mol. The molecule has 2 heteroatoms. The fourth-order valence-corrected chi connectivity index (χ4v) is 5.40. The molecule has 2 aromatic carbocycles. The van der Waals surface area contributed by atoms with Gasteiger partial charge in [0.1, 0.15) is 5.75 Å². The molecule has 2 aliphatic rings. The van der Waals surface area contributed by atoms with E-state index in [0.29, 0.717) is 17.7 Å². The molecule has 3 atom stereocenters. The van der Waals surface area contributed by atoms with Crippen molar-refractivity contribution in [2.75, 3.05) is 13.1 Å². The van der Waals surface area contributed by atoms with E-state index in [4.69, 9.17) is 0 Å². The van der Waals surface area contributed by atoms with Crippen LogP contribution in [0.4, 0.5) is 0 Å². The van der Waals surface area contributed by atoms with Crippen molar-refractivity contribution >= 4 is 0 Å². The van der Waals surface area contributed by atoms with Gasteiger partial charge in [-0.15, -0.1) is 0 Å². The zero-order chi connectivity index (χ0) is 17.3. The summed E-state index contributed by atoms with van der Waals surface area (Å²) in [6, 6.07) is 19.6. The van der Waals surface area contributed by atoms with Crippen molar-refractivity contribution in [3.8, 4) is 5.75 Å². The molecular formula is C23H29NO. The van der Waals surface area contributed by atoms with E-state index < -0.39 is 0 Å². The van der Waals surface area contributed by atoms with Gasteiger partial charge in [0.2, 0.25) is 0 Å². The van der Waals surface area contributed by atoms with Gasteiger partial charge in [0.25, 0.3) is 0 Å². The zero-order valence-corrected chi connectivity index (χ0v) is 15.2. The van der Waals surface area contributed by atoms with Crippen molar-refractivity contribution in [2.45, 2.75) is 50.5 Å². The van der Waals surface area contributed by atoms with Gasteiger partial charge in [-0.3, -0.25) is 4.90 Å². The van der Waals surface area contributed by atoms with Crippen LogP contribution < -0.4 is 0 Å². The van der Waals surface area contributed by atoms with E-state index in [2.05, 4.69) is 48.2 Å². The Hall–Kier alpha value is -1.80. The van der Waals surface area contributed by atoms with Gasteiger partial charge in [0.05, 0.1) is 0 Å². The lowest BCUT2D eigenvalue weighted by atomic mass is 9.57. The lowest BCUT2D eigenvalue weighted by Gasteiger charge is -2.55. The molecule has 1 aliphatic heterocycles. The standard InChI is InChI=1S/C23H29NO/c1-18-22-11-6-13-23(18,20-9-5-10-21(25)17-20)14-16-24(22)15-12-19-7-3-2-4-8-19/h2-5,7-10,17-18,22,25H,6,11-16H2,1H3/t18-,22?,23-/m1/s1. The summed E-state index contributed by atoms with van der Waals surface area (Å²) in [5.74, 6) is 1.06. The highest BCUT2D eigenvalue weighted by atomic mass is 16.3. The molecule has 1 heterocycles. The Morgan fingerprint density at radius 3 is 2.72 bits per heavy atom.